The number of amides is 2. The van der Waals surface area contributed by atoms with Gasteiger partial charge in [0.15, 0.2) is 6.61 Å². The molecule has 0 bridgehead atoms. The molecule has 2 amide bonds. The lowest BCUT2D eigenvalue weighted by Crippen LogP contribution is -2.32. The van der Waals surface area contributed by atoms with E-state index in [2.05, 4.69) is 10.6 Å². The number of carbonyl (C=O) groups is 3. The van der Waals surface area contributed by atoms with E-state index < -0.39 is 17.0 Å². The molecule has 154 valence electrons. The van der Waals surface area contributed by atoms with E-state index in [4.69, 9.17) is 4.74 Å². The Balaban J connectivity index is 1.60. The summed E-state index contributed by atoms with van der Waals surface area (Å²) in [4.78, 5) is 35.6. The molecule has 8 heteroatoms. The number of hydrogen-bond acceptors (Lipinski definition) is 5. The summed E-state index contributed by atoms with van der Waals surface area (Å²) in [6, 6.07) is 15.1. The number of nitrogens with one attached hydrogen (secondary N) is 2. The fourth-order valence-electron chi connectivity index (χ4n) is 2.30. The maximum absolute atomic E-state index is 12.8. The maximum Gasteiger partial charge on any atom is 0.319 e. The Labute approximate surface area is 173 Å². The minimum atomic E-state index is -0.605. The van der Waals surface area contributed by atoms with Gasteiger partial charge in [-0.05, 0) is 43.2 Å². The van der Waals surface area contributed by atoms with Crippen molar-refractivity contribution < 1.29 is 23.5 Å². The minimum Gasteiger partial charge on any atom is -0.455 e. The quantitative estimate of drug-likeness (QED) is 0.580. The van der Waals surface area contributed by atoms with Crippen LogP contribution >= 0.6 is 11.8 Å². The van der Waals surface area contributed by atoms with Crippen molar-refractivity contribution in [3.63, 3.8) is 0 Å². The zero-order valence-electron chi connectivity index (χ0n) is 16.0. The van der Waals surface area contributed by atoms with Gasteiger partial charge in [0.25, 0.3) is 5.91 Å². The van der Waals surface area contributed by atoms with Gasteiger partial charge in [0, 0.05) is 12.2 Å². The van der Waals surface area contributed by atoms with Crippen molar-refractivity contribution in [2.24, 2.45) is 0 Å². The molecule has 1 atom stereocenters. The van der Waals surface area contributed by atoms with Crippen molar-refractivity contribution in [3.05, 3.63) is 66.0 Å². The first-order chi connectivity index (χ1) is 13.9. The Kier molecular flexibility index (Phi) is 9.17. The van der Waals surface area contributed by atoms with E-state index in [0.29, 0.717) is 18.7 Å². The molecule has 0 spiro atoms. The molecule has 0 aliphatic heterocycles. The van der Waals surface area contributed by atoms with E-state index in [1.165, 1.54) is 24.3 Å². The van der Waals surface area contributed by atoms with Crippen LogP contribution in [0.25, 0.3) is 0 Å². The minimum absolute atomic E-state index is 0.0247. The average molecular weight is 418 g/mol. The van der Waals surface area contributed by atoms with Gasteiger partial charge in [-0.15, -0.1) is 11.8 Å². The molecular weight excluding hydrogens is 395 g/mol. The lowest BCUT2D eigenvalue weighted by molar-refractivity contribution is -0.147. The van der Waals surface area contributed by atoms with Crippen molar-refractivity contribution in [2.45, 2.75) is 18.6 Å². The van der Waals surface area contributed by atoms with Crippen LogP contribution in [0.4, 0.5) is 10.1 Å². The Morgan fingerprint density at radius 3 is 2.41 bits per heavy atom. The molecule has 2 aromatic rings. The second-order valence-electron chi connectivity index (χ2n) is 6.20. The highest BCUT2D eigenvalue weighted by molar-refractivity contribution is 8.01. The zero-order valence-corrected chi connectivity index (χ0v) is 16.8. The number of benzene rings is 2. The summed E-state index contributed by atoms with van der Waals surface area (Å²) in [7, 11) is 0. The van der Waals surface area contributed by atoms with Crippen LogP contribution in [0.3, 0.4) is 0 Å². The van der Waals surface area contributed by atoms with Gasteiger partial charge in [0.05, 0.1) is 5.75 Å². The molecule has 1 unspecified atom stereocenters. The van der Waals surface area contributed by atoms with E-state index in [9.17, 15) is 18.8 Å². The number of thioether (sulfide) groups is 1. The zero-order chi connectivity index (χ0) is 21.1. The molecule has 0 saturated carbocycles. The second-order valence-corrected chi connectivity index (χ2v) is 7.53. The van der Waals surface area contributed by atoms with E-state index in [-0.39, 0.29) is 24.2 Å². The molecule has 0 aliphatic carbocycles. The molecule has 2 N–H and O–H groups in total. The molecule has 0 aliphatic rings. The molecule has 6 nitrogen and oxygen atoms in total. The van der Waals surface area contributed by atoms with Gasteiger partial charge in [-0.2, -0.15) is 0 Å². The summed E-state index contributed by atoms with van der Waals surface area (Å²) in [6.45, 7) is 1.69. The Hall–Kier alpha value is -2.87. The van der Waals surface area contributed by atoms with Crippen LogP contribution in [0.5, 0.6) is 0 Å². The predicted octanol–water partition coefficient (Wildman–Crippen LogP) is 2.79. The Morgan fingerprint density at radius 1 is 1.03 bits per heavy atom. The number of hydrogen-bond donors (Lipinski definition) is 2. The number of anilines is 1. The summed E-state index contributed by atoms with van der Waals surface area (Å²) < 4.78 is 17.8. The van der Waals surface area contributed by atoms with Gasteiger partial charge >= 0.3 is 5.97 Å². The second kappa shape index (κ2) is 11.9. The maximum atomic E-state index is 12.8. The fraction of sp³-hybridized carbons (Fsp3) is 0.286. The van der Waals surface area contributed by atoms with Crippen molar-refractivity contribution >= 4 is 35.2 Å². The van der Waals surface area contributed by atoms with Crippen molar-refractivity contribution in [1.29, 1.82) is 0 Å². The molecular formula is C21H23FN2O4S. The molecule has 0 aromatic heterocycles. The average Bonchev–Trinajstić information content (AvgIpc) is 2.72. The van der Waals surface area contributed by atoms with Crippen LogP contribution in [0, 0.1) is 5.82 Å². The third-order valence-electron chi connectivity index (χ3n) is 3.85. The first-order valence-corrected chi connectivity index (χ1v) is 10.1. The van der Waals surface area contributed by atoms with E-state index in [0.717, 1.165) is 17.3 Å². The first kappa shape index (κ1) is 22.4. The number of carbonyl (C=O) groups excluding carboxylic acids is 3. The van der Waals surface area contributed by atoms with Crippen LogP contribution in [-0.2, 0) is 25.5 Å². The largest absolute Gasteiger partial charge is 0.455 e. The molecule has 2 rings (SSSR count). The number of ether oxygens (including phenoxy) is 1. The molecule has 29 heavy (non-hydrogen) atoms. The molecule has 2 aromatic carbocycles. The topological polar surface area (TPSA) is 84.5 Å². The summed E-state index contributed by atoms with van der Waals surface area (Å²) in [5, 5.41) is 4.70. The SMILES string of the molecule is CC(SCC(=O)Nc1ccc(F)cc1)C(=O)OCC(=O)NCCc1ccccc1. The van der Waals surface area contributed by atoms with Gasteiger partial charge < -0.3 is 15.4 Å². The number of halogens is 1. The standard InChI is InChI=1S/C21H23FN2O4S/c1-15(29-14-20(26)24-18-9-7-17(22)8-10-18)21(27)28-13-19(25)23-12-11-16-5-3-2-4-6-16/h2-10,15H,11-14H2,1H3,(H,23,25)(H,24,26). The van der Waals surface area contributed by atoms with Crippen molar-refractivity contribution in [1.82, 2.24) is 5.32 Å². The van der Waals surface area contributed by atoms with Crippen LogP contribution in [0.2, 0.25) is 0 Å². The Bertz CT molecular complexity index is 815. The number of esters is 1. The highest BCUT2D eigenvalue weighted by atomic mass is 32.2. The van der Waals surface area contributed by atoms with Crippen LogP contribution in [0.15, 0.2) is 54.6 Å². The van der Waals surface area contributed by atoms with Crippen LogP contribution in [-0.4, -0.2) is 41.9 Å². The normalized spacial score (nSPS) is 11.4. The summed E-state index contributed by atoms with van der Waals surface area (Å²) in [6.07, 6.45) is 0.690. The fourth-order valence-corrected chi connectivity index (χ4v) is 2.97. The van der Waals surface area contributed by atoms with Crippen LogP contribution < -0.4 is 10.6 Å². The van der Waals surface area contributed by atoms with Gasteiger partial charge in [0.2, 0.25) is 5.91 Å². The lowest BCUT2D eigenvalue weighted by Gasteiger charge is -2.11. The Morgan fingerprint density at radius 2 is 1.72 bits per heavy atom. The van der Waals surface area contributed by atoms with Gasteiger partial charge in [-0.25, -0.2) is 4.39 Å². The highest BCUT2D eigenvalue weighted by Crippen LogP contribution is 2.14. The van der Waals surface area contributed by atoms with E-state index in [1.807, 2.05) is 30.3 Å². The van der Waals surface area contributed by atoms with E-state index in [1.54, 1.807) is 6.92 Å². The number of rotatable bonds is 10. The first-order valence-electron chi connectivity index (χ1n) is 9.08. The smallest absolute Gasteiger partial charge is 0.319 e. The van der Waals surface area contributed by atoms with Gasteiger partial charge in [-0.3, -0.25) is 14.4 Å². The monoisotopic (exact) mass is 418 g/mol. The van der Waals surface area contributed by atoms with E-state index >= 15 is 0 Å². The van der Waals surface area contributed by atoms with Crippen molar-refractivity contribution in [2.75, 3.05) is 24.2 Å². The molecule has 0 radical (unpaired) electrons. The summed E-state index contributed by atoms with van der Waals surface area (Å²) in [5.41, 5.74) is 1.58. The predicted molar refractivity (Wildman–Crippen MR) is 111 cm³/mol. The molecule has 0 heterocycles. The summed E-state index contributed by atoms with van der Waals surface area (Å²) in [5.74, 6) is -1.63. The van der Waals surface area contributed by atoms with Crippen molar-refractivity contribution in [3.8, 4) is 0 Å². The third kappa shape index (κ3) is 8.78. The van der Waals surface area contributed by atoms with Gasteiger partial charge in [0.1, 0.15) is 11.1 Å². The van der Waals surface area contributed by atoms with Gasteiger partial charge in [-0.1, -0.05) is 30.3 Å². The van der Waals surface area contributed by atoms with Crippen LogP contribution in [0.1, 0.15) is 12.5 Å². The third-order valence-corrected chi connectivity index (χ3v) is 4.97. The summed E-state index contributed by atoms with van der Waals surface area (Å²) >= 11 is 1.09. The lowest BCUT2D eigenvalue weighted by atomic mass is 10.1. The highest BCUT2D eigenvalue weighted by Gasteiger charge is 2.18. The molecule has 0 fully saturated rings. The molecule has 0 saturated heterocycles.